The molecule has 1 aromatic carbocycles. The molecule has 0 aromatic heterocycles. The van der Waals surface area contributed by atoms with Gasteiger partial charge in [0.2, 0.25) is 0 Å². The molecule has 0 aliphatic carbocycles. The number of nitrogens with zero attached hydrogens (tertiary/aromatic N) is 1. The van der Waals surface area contributed by atoms with Crippen LogP contribution >= 0.6 is 0 Å². The molecule has 0 atom stereocenters. The average Bonchev–Trinajstić information content (AvgIpc) is 2.45. The van der Waals surface area contributed by atoms with E-state index in [1.54, 1.807) is 13.2 Å². The van der Waals surface area contributed by atoms with Crippen molar-refractivity contribution in [2.24, 2.45) is 5.92 Å². The van der Waals surface area contributed by atoms with Gasteiger partial charge < -0.3 is 10.1 Å². The second-order valence-electron chi connectivity index (χ2n) is 5.55. The summed E-state index contributed by atoms with van der Waals surface area (Å²) in [5.41, 5.74) is 1.54. The van der Waals surface area contributed by atoms with Gasteiger partial charge in [-0.2, -0.15) is 5.26 Å². The Bertz CT molecular complexity index is 435. The van der Waals surface area contributed by atoms with Crippen LogP contribution in [0.1, 0.15) is 51.5 Å². The van der Waals surface area contributed by atoms with E-state index in [4.69, 9.17) is 10.00 Å². The van der Waals surface area contributed by atoms with Crippen LogP contribution in [0, 0.1) is 17.2 Å². The van der Waals surface area contributed by atoms with Gasteiger partial charge in [0.1, 0.15) is 11.8 Å². The molecule has 0 heterocycles. The molecule has 0 radical (unpaired) electrons. The molecule has 0 saturated heterocycles. The zero-order valence-electron chi connectivity index (χ0n) is 12.9. The van der Waals surface area contributed by atoms with Gasteiger partial charge in [-0.1, -0.05) is 39.5 Å². The third kappa shape index (κ3) is 5.97. The van der Waals surface area contributed by atoms with Gasteiger partial charge in [0.15, 0.2) is 0 Å². The molecule has 1 rings (SSSR count). The Balaban J connectivity index is 2.29. The van der Waals surface area contributed by atoms with E-state index < -0.39 is 0 Å². The smallest absolute Gasteiger partial charge is 0.121 e. The molecule has 1 aromatic rings. The molecule has 110 valence electrons. The lowest BCUT2D eigenvalue weighted by molar-refractivity contribution is 0.415. The minimum atomic E-state index is 0.672. The number of benzene rings is 1. The molecule has 20 heavy (non-hydrogen) atoms. The fraction of sp³-hybridized carbons (Fsp3) is 0.588. The van der Waals surface area contributed by atoms with Crippen molar-refractivity contribution in [1.82, 2.24) is 0 Å². The Morgan fingerprint density at radius 1 is 1.20 bits per heavy atom. The van der Waals surface area contributed by atoms with Gasteiger partial charge in [-0.15, -0.1) is 0 Å². The van der Waals surface area contributed by atoms with Crippen molar-refractivity contribution in [3.8, 4) is 11.8 Å². The third-order valence-corrected chi connectivity index (χ3v) is 3.37. The molecule has 0 amide bonds. The maximum absolute atomic E-state index is 9.08. The van der Waals surface area contributed by atoms with Crippen molar-refractivity contribution in [2.45, 2.75) is 46.0 Å². The van der Waals surface area contributed by atoms with Gasteiger partial charge in [0.05, 0.1) is 18.4 Å². The molecule has 3 heteroatoms. The highest BCUT2D eigenvalue weighted by Gasteiger charge is 2.03. The summed E-state index contributed by atoms with van der Waals surface area (Å²) in [6, 6.07) is 7.70. The molecule has 0 unspecified atom stereocenters. The lowest BCUT2D eigenvalue weighted by atomic mass is 10.0. The first-order valence-electron chi connectivity index (χ1n) is 7.49. The number of ether oxygens (including phenoxy) is 1. The van der Waals surface area contributed by atoms with E-state index in [1.165, 1.54) is 25.7 Å². The van der Waals surface area contributed by atoms with Crippen LogP contribution in [0.5, 0.6) is 5.75 Å². The van der Waals surface area contributed by atoms with Crippen LogP contribution in [-0.2, 0) is 0 Å². The van der Waals surface area contributed by atoms with Gasteiger partial charge >= 0.3 is 0 Å². The lowest BCUT2D eigenvalue weighted by Crippen LogP contribution is -2.03. The normalized spacial score (nSPS) is 10.3. The number of hydrogen-bond donors (Lipinski definition) is 1. The van der Waals surface area contributed by atoms with Crippen molar-refractivity contribution in [3.63, 3.8) is 0 Å². The quantitative estimate of drug-likeness (QED) is 0.670. The highest BCUT2D eigenvalue weighted by atomic mass is 16.5. The second-order valence-corrected chi connectivity index (χ2v) is 5.55. The topological polar surface area (TPSA) is 45.0 Å². The third-order valence-electron chi connectivity index (χ3n) is 3.37. The van der Waals surface area contributed by atoms with Gasteiger partial charge in [-0.25, -0.2) is 0 Å². The highest BCUT2D eigenvalue weighted by Crippen LogP contribution is 2.22. The maximum Gasteiger partial charge on any atom is 0.121 e. The predicted octanol–water partition coefficient (Wildman–Crippen LogP) is 4.59. The van der Waals surface area contributed by atoms with Gasteiger partial charge in [-0.3, -0.25) is 0 Å². The van der Waals surface area contributed by atoms with Gasteiger partial charge in [0, 0.05) is 12.6 Å². The van der Waals surface area contributed by atoms with Crippen LogP contribution in [0.2, 0.25) is 0 Å². The Kier molecular flexibility index (Phi) is 7.57. The molecule has 0 saturated carbocycles. The summed E-state index contributed by atoms with van der Waals surface area (Å²) in [5, 5.41) is 12.4. The number of methoxy groups -OCH3 is 1. The average molecular weight is 274 g/mol. The molecule has 0 bridgehead atoms. The first-order valence-corrected chi connectivity index (χ1v) is 7.49. The fourth-order valence-electron chi connectivity index (χ4n) is 2.15. The first-order chi connectivity index (χ1) is 9.67. The van der Waals surface area contributed by atoms with E-state index in [1.807, 2.05) is 12.1 Å². The van der Waals surface area contributed by atoms with Gasteiger partial charge in [0.25, 0.3) is 0 Å². The van der Waals surface area contributed by atoms with Crippen LogP contribution in [-0.4, -0.2) is 13.7 Å². The van der Waals surface area contributed by atoms with Crippen LogP contribution < -0.4 is 10.1 Å². The molecule has 1 N–H and O–H groups in total. The molecule has 0 spiro atoms. The summed E-state index contributed by atoms with van der Waals surface area (Å²) in [5.74, 6) is 1.59. The Morgan fingerprint density at radius 3 is 2.60 bits per heavy atom. The predicted molar refractivity (Wildman–Crippen MR) is 84.1 cm³/mol. The van der Waals surface area contributed by atoms with Crippen molar-refractivity contribution < 1.29 is 4.74 Å². The van der Waals surface area contributed by atoms with E-state index in [2.05, 4.69) is 25.2 Å². The molecule has 3 nitrogen and oxygen atoms in total. The van der Waals surface area contributed by atoms with E-state index in [0.717, 1.165) is 30.3 Å². The summed E-state index contributed by atoms with van der Waals surface area (Å²) in [6.45, 7) is 5.45. The van der Waals surface area contributed by atoms with Crippen molar-refractivity contribution in [3.05, 3.63) is 23.8 Å². The largest absolute Gasteiger partial charge is 0.497 e. The van der Waals surface area contributed by atoms with E-state index in [0.29, 0.717) is 5.56 Å². The van der Waals surface area contributed by atoms with Gasteiger partial charge in [-0.05, 0) is 24.5 Å². The molecule has 0 fully saturated rings. The van der Waals surface area contributed by atoms with Crippen LogP contribution in [0.25, 0.3) is 0 Å². The zero-order chi connectivity index (χ0) is 14.8. The summed E-state index contributed by atoms with van der Waals surface area (Å²) < 4.78 is 5.19. The minimum Gasteiger partial charge on any atom is -0.497 e. The molecular formula is C17H26N2O. The molecular weight excluding hydrogens is 248 g/mol. The maximum atomic E-state index is 9.08. The minimum absolute atomic E-state index is 0.672. The summed E-state index contributed by atoms with van der Waals surface area (Å²) in [4.78, 5) is 0. The van der Waals surface area contributed by atoms with E-state index >= 15 is 0 Å². The molecule has 0 aliphatic heterocycles. The van der Waals surface area contributed by atoms with E-state index in [-0.39, 0.29) is 0 Å². The number of hydrogen-bond acceptors (Lipinski definition) is 3. The number of rotatable bonds is 9. The van der Waals surface area contributed by atoms with Crippen LogP contribution in [0.15, 0.2) is 18.2 Å². The lowest BCUT2D eigenvalue weighted by Gasteiger charge is -2.10. The van der Waals surface area contributed by atoms with Crippen LogP contribution in [0.3, 0.4) is 0 Å². The summed E-state index contributed by atoms with van der Waals surface area (Å²) in [7, 11) is 1.64. The van der Waals surface area contributed by atoms with Crippen LogP contribution in [0.4, 0.5) is 5.69 Å². The van der Waals surface area contributed by atoms with Crippen molar-refractivity contribution in [1.29, 1.82) is 5.26 Å². The SMILES string of the molecule is COc1ccc(C#N)c(NCCCCCCC(C)C)c1. The van der Waals surface area contributed by atoms with Crippen molar-refractivity contribution in [2.75, 3.05) is 19.0 Å². The second kappa shape index (κ2) is 9.25. The zero-order valence-corrected chi connectivity index (χ0v) is 12.9. The Morgan fingerprint density at radius 2 is 1.95 bits per heavy atom. The Hall–Kier alpha value is -1.69. The number of nitriles is 1. The highest BCUT2D eigenvalue weighted by molar-refractivity contribution is 5.60. The first kappa shape index (κ1) is 16.4. The monoisotopic (exact) mass is 274 g/mol. The number of anilines is 1. The Labute approximate surface area is 123 Å². The number of nitrogens with one attached hydrogen (secondary N) is 1. The number of unbranched alkanes of at least 4 members (excludes halogenated alkanes) is 3. The fourth-order valence-corrected chi connectivity index (χ4v) is 2.15. The van der Waals surface area contributed by atoms with E-state index in [9.17, 15) is 0 Å². The molecule has 0 aliphatic rings. The summed E-state index contributed by atoms with van der Waals surface area (Å²) >= 11 is 0. The standard InChI is InChI=1S/C17H26N2O/c1-14(2)8-6-4-5-7-11-19-17-12-16(20-3)10-9-15(17)13-18/h9-10,12,14,19H,4-8,11H2,1-3H3. The summed E-state index contributed by atoms with van der Waals surface area (Å²) in [6.07, 6.45) is 6.32. The van der Waals surface area contributed by atoms with Crippen molar-refractivity contribution >= 4 is 5.69 Å².